The number of fused-ring (bicyclic) bond motifs is 1. The number of rotatable bonds is 2. The maximum Gasteiger partial charge on any atom is 0.144 e. The van der Waals surface area contributed by atoms with Crippen LogP contribution in [-0.2, 0) is 0 Å². The van der Waals surface area contributed by atoms with Crippen molar-refractivity contribution in [3.8, 4) is 5.75 Å². The lowest BCUT2D eigenvalue weighted by atomic mass is 9.88. The molecule has 0 radical (unpaired) electrons. The van der Waals surface area contributed by atoms with Crippen molar-refractivity contribution >= 4 is 40.2 Å². The van der Waals surface area contributed by atoms with E-state index < -0.39 is 0 Å². The van der Waals surface area contributed by atoms with E-state index in [2.05, 4.69) is 33.9 Å². The Morgan fingerprint density at radius 2 is 2.11 bits per heavy atom. The van der Waals surface area contributed by atoms with Gasteiger partial charge in [0.2, 0.25) is 0 Å². The molecule has 1 unspecified atom stereocenters. The molecule has 0 aromatic heterocycles. The minimum Gasteiger partial charge on any atom is -0.489 e. The van der Waals surface area contributed by atoms with Crippen LogP contribution >= 0.6 is 28.8 Å². The Labute approximate surface area is 129 Å². The summed E-state index contributed by atoms with van der Waals surface area (Å²) in [4.78, 5) is 0. The highest BCUT2D eigenvalue weighted by Gasteiger charge is 2.36. The van der Waals surface area contributed by atoms with Crippen LogP contribution in [0.4, 0.5) is 11.4 Å². The molecule has 1 aromatic carbocycles. The minimum absolute atomic E-state index is 0.00460. The number of hydrogen-bond donors (Lipinski definition) is 2. The molecule has 1 aliphatic heterocycles. The minimum atomic E-state index is 0.00460. The van der Waals surface area contributed by atoms with Crippen molar-refractivity contribution in [2.45, 2.75) is 51.0 Å². The highest BCUT2D eigenvalue weighted by molar-refractivity contribution is 9.10. The Bertz CT molecular complexity index is 491. The number of nitrogens with zero attached hydrogens (tertiary/aromatic N) is 1. The van der Waals surface area contributed by atoms with Gasteiger partial charge in [0, 0.05) is 16.9 Å². The van der Waals surface area contributed by atoms with Crippen molar-refractivity contribution < 1.29 is 4.74 Å². The molecule has 19 heavy (non-hydrogen) atoms. The Morgan fingerprint density at radius 3 is 2.68 bits per heavy atom. The molecule has 3 nitrogen and oxygen atoms in total. The van der Waals surface area contributed by atoms with Gasteiger partial charge in [-0.05, 0) is 45.7 Å². The van der Waals surface area contributed by atoms with Gasteiger partial charge >= 0.3 is 0 Å². The van der Waals surface area contributed by atoms with Crippen LogP contribution < -0.4 is 14.4 Å². The quantitative estimate of drug-likeness (QED) is 0.476. The molecule has 1 heterocycles. The first-order valence-corrected chi connectivity index (χ1v) is 7.69. The Balaban J connectivity index is 2.50. The van der Waals surface area contributed by atoms with E-state index in [1.165, 1.54) is 0 Å². The molecule has 1 aromatic rings. The van der Waals surface area contributed by atoms with Gasteiger partial charge in [-0.15, -0.1) is 0 Å². The molecule has 0 saturated carbocycles. The molecule has 0 aliphatic carbocycles. The van der Waals surface area contributed by atoms with Crippen molar-refractivity contribution in [1.29, 1.82) is 0 Å². The number of hydrogen-bond acceptors (Lipinski definition) is 4. The number of ether oxygens (including phenoxy) is 1. The van der Waals surface area contributed by atoms with Gasteiger partial charge in [0.1, 0.15) is 5.75 Å². The van der Waals surface area contributed by atoms with Crippen LogP contribution in [0.2, 0.25) is 0 Å². The second kappa shape index (κ2) is 5.09. The summed E-state index contributed by atoms with van der Waals surface area (Å²) < 4.78 is 7.87. The smallest absolute Gasteiger partial charge is 0.144 e. The van der Waals surface area contributed by atoms with Crippen LogP contribution in [0.25, 0.3) is 0 Å². The molecule has 0 saturated heterocycles. The molecular weight excluding hydrogens is 324 g/mol. The van der Waals surface area contributed by atoms with Gasteiger partial charge < -0.3 is 14.4 Å². The van der Waals surface area contributed by atoms with E-state index in [9.17, 15) is 0 Å². The van der Waals surface area contributed by atoms with E-state index in [1.54, 1.807) is 0 Å². The Hall–Kier alpha value is -0.550. The highest BCUT2D eigenvalue weighted by Crippen LogP contribution is 2.49. The molecule has 2 rings (SSSR count). The predicted molar refractivity (Wildman–Crippen MR) is 88.4 cm³/mol. The molecule has 5 heteroatoms. The summed E-state index contributed by atoms with van der Waals surface area (Å²) in [5.41, 5.74) is 8.98. The van der Waals surface area contributed by atoms with E-state index >= 15 is 0 Å². The second-order valence-corrected chi connectivity index (χ2v) is 7.26. The monoisotopic (exact) mass is 344 g/mol. The number of thiol groups is 1. The third-order valence-corrected chi connectivity index (χ3v) is 5.12. The number of halogens is 1. The van der Waals surface area contributed by atoms with E-state index in [-0.39, 0.29) is 16.9 Å². The molecular formula is C14H21BrN2OS. The maximum atomic E-state index is 6.08. The first-order chi connectivity index (χ1) is 8.72. The normalized spacial score (nSPS) is 21.4. The summed E-state index contributed by atoms with van der Waals surface area (Å²) in [5.74, 6) is 0.733. The number of nitrogen functional groups attached to an aromatic ring is 1. The van der Waals surface area contributed by atoms with Crippen molar-refractivity contribution in [2.24, 2.45) is 0 Å². The van der Waals surface area contributed by atoms with Gasteiger partial charge in [0.25, 0.3) is 0 Å². The van der Waals surface area contributed by atoms with Gasteiger partial charge in [-0.25, -0.2) is 0 Å². The zero-order chi connectivity index (χ0) is 14.4. The van der Waals surface area contributed by atoms with Gasteiger partial charge in [0.05, 0.1) is 33.6 Å². The van der Waals surface area contributed by atoms with Crippen LogP contribution in [0.1, 0.15) is 44.9 Å². The van der Waals surface area contributed by atoms with Crippen molar-refractivity contribution in [3.63, 3.8) is 0 Å². The lowest BCUT2D eigenvalue weighted by Crippen LogP contribution is -2.41. The molecule has 1 aliphatic rings. The summed E-state index contributed by atoms with van der Waals surface area (Å²) >= 11 is 8.37. The zero-order valence-corrected chi connectivity index (χ0v) is 14.3. The van der Waals surface area contributed by atoms with Crippen LogP contribution in [0.5, 0.6) is 5.75 Å². The van der Waals surface area contributed by atoms with E-state index in [0.29, 0.717) is 5.69 Å². The summed E-state index contributed by atoms with van der Waals surface area (Å²) in [6, 6.07) is 3.98. The van der Waals surface area contributed by atoms with Crippen LogP contribution in [0.3, 0.4) is 0 Å². The SMILES string of the molecule is CC(C)Oc1cc2c(cc1N)C(S)CC(C)(C)N2Br. The fraction of sp³-hybridized carbons (Fsp3) is 0.571. The molecule has 0 amide bonds. The van der Waals surface area contributed by atoms with Crippen molar-refractivity contribution in [2.75, 3.05) is 9.66 Å². The summed E-state index contributed by atoms with van der Waals surface area (Å²) in [7, 11) is 0. The predicted octanol–water partition coefficient (Wildman–Crippen LogP) is 4.33. The van der Waals surface area contributed by atoms with Gasteiger partial charge in [0.15, 0.2) is 0 Å². The van der Waals surface area contributed by atoms with Gasteiger partial charge in [-0.2, -0.15) is 12.6 Å². The van der Waals surface area contributed by atoms with E-state index in [4.69, 9.17) is 23.1 Å². The average Bonchev–Trinajstić information content (AvgIpc) is 2.27. The second-order valence-electron chi connectivity index (χ2n) is 5.93. The topological polar surface area (TPSA) is 38.5 Å². The lowest BCUT2D eigenvalue weighted by Gasteiger charge is -2.43. The largest absolute Gasteiger partial charge is 0.489 e. The summed E-state index contributed by atoms with van der Waals surface area (Å²) in [6.07, 6.45) is 1.06. The Kier molecular flexibility index (Phi) is 3.98. The zero-order valence-electron chi connectivity index (χ0n) is 11.8. The average molecular weight is 345 g/mol. The molecule has 0 fully saturated rings. The lowest BCUT2D eigenvalue weighted by molar-refractivity contribution is 0.244. The number of anilines is 2. The standard InChI is InChI=1S/C14H21BrN2OS/c1-8(2)18-12-6-11-9(5-10(12)16)13(19)7-14(3,4)17(11)15/h5-6,8,13,19H,7,16H2,1-4H3. The number of benzene rings is 1. The van der Waals surface area contributed by atoms with Crippen LogP contribution in [-0.4, -0.2) is 11.6 Å². The first kappa shape index (κ1) is 14.9. The van der Waals surface area contributed by atoms with Gasteiger partial charge in [-0.1, -0.05) is 0 Å². The van der Waals surface area contributed by atoms with Crippen molar-refractivity contribution in [1.82, 2.24) is 0 Å². The molecule has 106 valence electrons. The van der Waals surface area contributed by atoms with Gasteiger partial charge in [-0.3, -0.25) is 0 Å². The summed E-state index contributed by atoms with van der Waals surface area (Å²) in [5, 5.41) is 0.189. The fourth-order valence-corrected chi connectivity index (χ4v) is 3.49. The highest BCUT2D eigenvalue weighted by atomic mass is 79.9. The third kappa shape index (κ3) is 2.82. The van der Waals surface area contributed by atoms with Crippen LogP contribution in [0, 0.1) is 0 Å². The van der Waals surface area contributed by atoms with Crippen LogP contribution in [0.15, 0.2) is 12.1 Å². The summed E-state index contributed by atoms with van der Waals surface area (Å²) in [6.45, 7) is 8.37. The third-order valence-electron chi connectivity index (χ3n) is 3.32. The molecule has 0 bridgehead atoms. The maximum absolute atomic E-state index is 6.08. The fourth-order valence-electron chi connectivity index (χ4n) is 2.39. The first-order valence-electron chi connectivity index (χ1n) is 6.46. The number of nitrogens with two attached hydrogens (primary N) is 1. The molecule has 2 N–H and O–H groups in total. The Morgan fingerprint density at radius 1 is 1.47 bits per heavy atom. The van der Waals surface area contributed by atoms with E-state index in [1.807, 2.05) is 26.0 Å². The molecule has 0 spiro atoms. The molecule has 1 atom stereocenters. The van der Waals surface area contributed by atoms with E-state index in [0.717, 1.165) is 23.4 Å². The van der Waals surface area contributed by atoms with Crippen molar-refractivity contribution in [3.05, 3.63) is 17.7 Å².